The molecular weight excluding hydrogens is 208 g/mol. The van der Waals surface area contributed by atoms with Crippen molar-refractivity contribution in [3.63, 3.8) is 0 Å². The fourth-order valence-electron chi connectivity index (χ4n) is 1.40. The van der Waals surface area contributed by atoms with Crippen LogP contribution in [0.15, 0.2) is 24.7 Å². The number of pyridine rings is 1. The molecule has 0 aliphatic carbocycles. The summed E-state index contributed by atoms with van der Waals surface area (Å²) < 4.78 is 1.44. The normalized spacial score (nSPS) is 10.3. The number of carboxylic acid groups (broad SMARTS) is 1. The fraction of sp³-hybridized carbons (Fsp3) is 0.100. The number of hydrogen-bond acceptors (Lipinski definition) is 4. The molecule has 0 fully saturated rings. The number of carbonyl (C=O) groups is 1. The van der Waals surface area contributed by atoms with Crippen molar-refractivity contribution < 1.29 is 9.90 Å². The minimum absolute atomic E-state index is 0.142. The van der Waals surface area contributed by atoms with Crippen LogP contribution in [0.25, 0.3) is 5.69 Å². The van der Waals surface area contributed by atoms with Crippen LogP contribution >= 0.6 is 0 Å². The third-order valence-corrected chi connectivity index (χ3v) is 2.18. The van der Waals surface area contributed by atoms with Crippen LogP contribution in [0.1, 0.15) is 16.1 Å². The molecule has 0 aromatic carbocycles. The van der Waals surface area contributed by atoms with Crippen LogP contribution in [0, 0.1) is 6.92 Å². The van der Waals surface area contributed by atoms with E-state index in [2.05, 4.69) is 10.1 Å². The summed E-state index contributed by atoms with van der Waals surface area (Å²) in [4.78, 5) is 14.7. The standard InChI is InChI=1S/C10H10N4O2/c1-6-4-12-3-2-8(6)14-5-7(11)9(13-14)10(15)16/h2-5H,11H2,1H3,(H,15,16). The highest BCUT2D eigenvalue weighted by molar-refractivity contribution is 5.91. The monoisotopic (exact) mass is 218 g/mol. The van der Waals surface area contributed by atoms with Crippen molar-refractivity contribution in [1.82, 2.24) is 14.8 Å². The lowest BCUT2D eigenvalue weighted by Gasteiger charge is -2.03. The molecule has 0 spiro atoms. The van der Waals surface area contributed by atoms with Gasteiger partial charge >= 0.3 is 5.97 Å². The smallest absolute Gasteiger partial charge is 0.358 e. The molecule has 6 nitrogen and oxygen atoms in total. The van der Waals surface area contributed by atoms with E-state index in [0.29, 0.717) is 0 Å². The van der Waals surface area contributed by atoms with Crippen molar-refractivity contribution in [2.45, 2.75) is 6.92 Å². The van der Waals surface area contributed by atoms with E-state index in [-0.39, 0.29) is 11.4 Å². The van der Waals surface area contributed by atoms with Gasteiger partial charge in [-0.15, -0.1) is 0 Å². The number of aromatic nitrogens is 3. The lowest BCUT2D eigenvalue weighted by molar-refractivity contribution is 0.0691. The Kier molecular flexibility index (Phi) is 2.32. The first-order valence-electron chi connectivity index (χ1n) is 4.59. The van der Waals surface area contributed by atoms with E-state index in [1.807, 2.05) is 6.92 Å². The fourth-order valence-corrected chi connectivity index (χ4v) is 1.40. The number of aromatic carboxylic acids is 1. The van der Waals surface area contributed by atoms with E-state index in [4.69, 9.17) is 10.8 Å². The highest BCUT2D eigenvalue weighted by atomic mass is 16.4. The molecule has 82 valence electrons. The first-order chi connectivity index (χ1) is 7.59. The summed E-state index contributed by atoms with van der Waals surface area (Å²) in [6.45, 7) is 1.86. The number of carboxylic acids is 1. The minimum atomic E-state index is -1.14. The zero-order valence-electron chi connectivity index (χ0n) is 8.58. The Labute approximate surface area is 91.3 Å². The van der Waals surface area contributed by atoms with Gasteiger partial charge in [0.15, 0.2) is 5.69 Å². The van der Waals surface area contributed by atoms with E-state index in [0.717, 1.165) is 11.3 Å². The summed E-state index contributed by atoms with van der Waals surface area (Å²) in [7, 11) is 0. The molecule has 0 aliphatic rings. The zero-order chi connectivity index (χ0) is 11.7. The number of anilines is 1. The molecule has 2 aromatic rings. The number of nitrogen functional groups attached to an aromatic ring is 1. The number of nitrogens with two attached hydrogens (primary N) is 1. The predicted octanol–water partition coefficient (Wildman–Crippen LogP) is 0.856. The van der Waals surface area contributed by atoms with E-state index in [9.17, 15) is 4.79 Å². The van der Waals surface area contributed by atoms with Gasteiger partial charge in [0.2, 0.25) is 0 Å². The SMILES string of the molecule is Cc1cnccc1-n1cc(N)c(C(=O)O)n1. The maximum absolute atomic E-state index is 10.8. The Hall–Kier alpha value is -2.37. The van der Waals surface area contributed by atoms with Crippen molar-refractivity contribution in [1.29, 1.82) is 0 Å². The molecule has 0 unspecified atom stereocenters. The number of hydrogen-bond donors (Lipinski definition) is 2. The van der Waals surface area contributed by atoms with Crippen LogP contribution in [0.4, 0.5) is 5.69 Å². The van der Waals surface area contributed by atoms with E-state index < -0.39 is 5.97 Å². The average molecular weight is 218 g/mol. The number of rotatable bonds is 2. The van der Waals surface area contributed by atoms with Gasteiger partial charge in [0.1, 0.15) is 0 Å². The Bertz CT molecular complexity index is 548. The van der Waals surface area contributed by atoms with Crippen LogP contribution in [0.3, 0.4) is 0 Å². The molecule has 0 saturated heterocycles. The molecule has 16 heavy (non-hydrogen) atoms. The van der Waals surface area contributed by atoms with Crippen molar-refractivity contribution in [2.75, 3.05) is 5.73 Å². The highest BCUT2D eigenvalue weighted by Crippen LogP contribution is 2.16. The molecule has 2 heterocycles. The van der Waals surface area contributed by atoms with Crippen LogP contribution in [0.2, 0.25) is 0 Å². The molecule has 0 aliphatic heterocycles. The third kappa shape index (κ3) is 1.60. The summed E-state index contributed by atoms with van der Waals surface area (Å²) in [6, 6.07) is 1.74. The Morgan fingerprint density at radius 3 is 2.88 bits per heavy atom. The van der Waals surface area contributed by atoms with Gasteiger partial charge in [0.25, 0.3) is 0 Å². The predicted molar refractivity (Wildman–Crippen MR) is 57.5 cm³/mol. The second kappa shape index (κ2) is 3.65. The van der Waals surface area contributed by atoms with Crippen molar-refractivity contribution in [3.05, 3.63) is 35.9 Å². The van der Waals surface area contributed by atoms with Crippen LogP contribution in [-0.2, 0) is 0 Å². The summed E-state index contributed by atoms with van der Waals surface area (Å²) in [6.07, 6.45) is 4.76. The van der Waals surface area contributed by atoms with Crippen LogP contribution in [-0.4, -0.2) is 25.8 Å². The number of nitrogens with zero attached hydrogens (tertiary/aromatic N) is 3. The van der Waals surface area contributed by atoms with Crippen molar-refractivity contribution >= 4 is 11.7 Å². The first kappa shape index (κ1) is 10.2. The molecule has 3 N–H and O–H groups in total. The molecule has 2 aromatic heterocycles. The zero-order valence-corrected chi connectivity index (χ0v) is 8.58. The van der Waals surface area contributed by atoms with Gasteiger partial charge in [0.05, 0.1) is 17.6 Å². The molecule has 0 amide bonds. The largest absolute Gasteiger partial charge is 0.476 e. The van der Waals surface area contributed by atoms with Crippen LogP contribution in [0.5, 0.6) is 0 Å². The Morgan fingerprint density at radius 1 is 1.56 bits per heavy atom. The summed E-state index contributed by atoms with van der Waals surface area (Å²) >= 11 is 0. The molecule has 2 rings (SSSR count). The average Bonchev–Trinajstić information content (AvgIpc) is 2.61. The van der Waals surface area contributed by atoms with Gasteiger partial charge in [-0.2, -0.15) is 5.10 Å². The maximum atomic E-state index is 10.8. The summed E-state index contributed by atoms with van der Waals surface area (Å²) in [5.74, 6) is -1.14. The van der Waals surface area contributed by atoms with Gasteiger partial charge in [-0.3, -0.25) is 4.98 Å². The van der Waals surface area contributed by atoms with Gasteiger partial charge in [0, 0.05) is 12.4 Å². The molecule has 0 radical (unpaired) electrons. The van der Waals surface area contributed by atoms with E-state index in [1.165, 1.54) is 10.9 Å². The lowest BCUT2D eigenvalue weighted by atomic mass is 10.3. The summed E-state index contributed by atoms with van der Waals surface area (Å²) in [5, 5.41) is 12.7. The number of aryl methyl sites for hydroxylation is 1. The second-order valence-corrected chi connectivity index (χ2v) is 3.34. The molecular formula is C10H10N4O2. The third-order valence-electron chi connectivity index (χ3n) is 2.18. The van der Waals surface area contributed by atoms with Gasteiger partial charge in [-0.25, -0.2) is 9.48 Å². The summed E-state index contributed by atoms with van der Waals surface area (Å²) in [5.41, 5.74) is 7.20. The topological polar surface area (TPSA) is 94.0 Å². The van der Waals surface area contributed by atoms with Gasteiger partial charge in [-0.1, -0.05) is 0 Å². The van der Waals surface area contributed by atoms with Gasteiger partial charge in [-0.05, 0) is 18.6 Å². The van der Waals surface area contributed by atoms with Gasteiger partial charge < -0.3 is 10.8 Å². The van der Waals surface area contributed by atoms with E-state index in [1.54, 1.807) is 18.5 Å². The minimum Gasteiger partial charge on any atom is -0.476 e. The molecule has 0 saturated carbocycles. The first-order valence-corrected chi connectivity index (χ1v) is 4.59. The Balaban J connectivity index is 2.54. The molecule has 0 bridgehead atoms. The van der Waals surface area contributed by atoms with Crippen molar-refractivity contribution in [2.24, 2.45) is 0 Å². The van der Waals surface area contributed by atoms with Crippen molar-refractivity contribution in [3.8, 4) is 5.69 Å². The lowest BCUT2D eigenvalue weighted by Crippen LogP contribution is -2.03. The quantitative estimate of drug-likeness (QED) is 0.779. The van der Waals surface area contributed by atoms with Crippen LogP contribution < -0.4 is 5.73 Å². The molecule has 6 heteroatoms. The van der Waals surface area contributed by atoms with E-state index >= 15 is 0 Å². The maximum Gasteiger partial charge on any atom is 0.358 e. The molecule has 0 atom stereocenters. The Morgan fingerprint density at radius 2 is 2.31 bits per heavy atom. The second-order valence-electron chi connectivity index (χ2n) is 3.34. The highest BCUT2D eigenvalue weighted by Gasteiger charge is 2.14.